The number of aryl methyl sites for hydroxylation is 1. The molecule has 1 aromatic heterocycles. The van der Waals surface area contributed by atoms with Crippen LogP contribution >= 0.6 is 0 Å². The Balaban J connectivity index is 2.93. The van der Waals surface area contributed by atoms with Gasteiger partial charge in [-0.2, -0.15) is 0 Å². The van der Waals surface area contributed by atoms with Crippen LogP contribution in [0.2, 0.25) is 0 Å². The summed E-state index contributed by atoms with van der Waals surface area (Å²) in [6.45, 7) is -0.661. The fraction of sp³-hybridized carbons (Fsp3) is 0.500. The second-order valence-electron chi connectivity index (χ2n) is 3.12. The summed E-state index contributed by atoms with van der Waals surface area (Å²) in [7, 11) is 2.72. The summed E-state index contributed by atoms with van der Waals surface area (Å²) >= 11 is 0. The van der Waals surface area contributed by atoms with Gasteiger partial charge in [-0.15, -0.1) is 0 Å². The zero-order valence-electron chi connectivity index (χ0n) is 8.78. The van der Waals surface area contributed by atoms with Gasteiger partial charge in [0.2, 0.25) is 6.54 Å². The molecule has 0 aliphatic rings. The Morgan fingerprint density at radius 2 is 2.44 bits per heavy atom. The number of aromatic nitrogens is 2. The number of hydrogen-bond acceptors (Lipinski definition) is 6. The summed E-state index contributed by atoms with van der Waals surface area (Å²) in [6.07, 6.45) is -0.0111. The average molecular weight is 229 g/mol. The number of methoxy groups -OCH3 is 1. The van der Waals surface area contributed by atoms with E-state index < -0.39 is 23.5 Å². The first-order chi connectivity index (χ1) is 7.45. The number of rotatable bonds is 4. The number of carbonyl (C=O) groups excluding carboxylic acids is 1. The van der Waals surface area contributed by atoms with Crippen molar-refractivity contribution in [2.24, 2.45) is 7.05 Å². The molecule has 0 spiro atoms. The van der Waals surface area contributed by atoms with Crippen LogP contribution in [0.25, 0.3) is 0 Å². The smallest absolute Gasteiger partial charge is 0.358 e. The minimum absolute atomic E-state index is 0.00222. The van der Waals surface area contributed by atoms with Crippen molar-refractivity contribution in [3.63, 3.8) is 0 Å². The molecule has 0 bridgehead atoms. The predicted molar refractivity (Wildman–Crippen MR) is 51.4 cm³/mol. The molecule has 1 N–H and O–H groups in total. The van der Waals surface area contributed by atoms with E-state index in [-0.39, 0.29) is 11.5 Å². The van der Waals surface area contributed by atoms with E-state index in [1.54, 1.807) is 0 Å². The lowest BCUT2D eigenvalue weighted by molar-refractivity contribution is -0.491. The zero-order valence-corrected chi connectivity index (χ0v) is 8.78. The van der Waals surface area contributed by atoms with Gasteiger partial charge in [-0.3, -0.25) is 10.1 Å². The molecule has 8 nitrogen and oxygen atoms in total. The van der Waals surface area contributed by atoms with Crippen LogP contribution in [0.15, 0.2) is 6.20 Å². The molecule has 1 heterocycles. The summed E-state index contributed by atoms with van der Waals surface area (Å²) in [4.78, 5) is 24.4. The largest absolute Gasteiger partial charge is 0.464 e. The molecule has 1 aromatic rings. The molecule has 0 saturated heterocycles. The van der Waals surface area contributed by atoms with Crippen LogP contribution in [0.1, 0.15) is 22.4 Å². The van der Waals surface area contributed by atoms with Crippen LogP contribution in [0.4, 0.5) is 0 Å². The van der Waals surface area contributed by atoms with Crippen LogP contribution in [0, 0.1) is 10.1 Å². The van der Waals surface area contributed by atoms with Gasteiger partial charge < -0.3 is 14.4 Å². The third-order valence-electron chi connectivity index (χ3n) is 1.93. The predicted octanol–water partition coefficient (Wildman–Crippen LogP) is -0.483. The highest BCUT2D eigenvalue weighted by molar-refractivity contribution is 5.86. The Hall–Kier alpha value is -1.96. The molecule has 0 fully saturated rings. The number of ether oxygens (including phenoxy) is 1. The number of imidazole rings is 1. The van der Waals surface area contributed by atoms with Crippen LogP contribution in [0.5, 0.6) is 0 Å². The van der Waals surface area contributed by atoms with E-state index in [1.807, 2.05) is 0 Å². The fourth-order valence-electron chi connectivity index (χ4n) is 1.22. The lowest BCUT2D eigenvalue weighted by Gasteiger charge is -2.04. The minimum Gasteiger partial charge on any atom is -0.464 e. The van der Waals surface area contributed by atoms with Crippen molar-refractivity contribution in [2.45, 2.75) is 6.10 Å². The first kappa shape index (κ1) is 12.1. The second kappa shape index (κ2) is 4.71. The van der Waals surface area contributed by atoms with Gasteiger partial charge in [-0.05, 0) is 0 Å². The standard InChI is InChI=1S/C8H11N3O5/c1-10-3-5(8(13)16-2)9-7(10)6(12)4-11(14)15/h3,6,12H,4H2,1-2H3. The first-order valence-electron chi connectivity index (χ1n) is 4.37. The Morgan fingerprint density at radius 1 is 1.81 bits per heavy atom. The van der Waals surface area contributed by atoms with Crippen LogP contribution in [-0.2, 0) is 11.8 Å². The molecule has 0 radical (unpaired) electrons. The number of aliphatic hydroxyl groups is 1. The molecule has 8 heteroatoms. The summed E-state index contributed by atoms with van der Waals surface area (Å²) in [5.41, 5.74) is 0.00222. The van der Waals surface area contributed by atoms with Crippen molar-refractivity contribution in [3.8, 4) is 0 Å². The van der Waals surface area contributed by atoms with Crippen molar-refractivity contribution in [1.82, 2.24) is 9.55 Å². The van der Waals surface area contributed by atoms with E-state index in [9.17, 15) is 20.0 Å². The van der Waals surface area contributed by atoms with E-state index in [2.05, 4.69) is 9.72 Å². The molecule has 1 unspecified atom stereocenters. The number of aliphatic hydroxyl groups excluding tert-OH is 1. The van der Waals surface area contributed by atoms with Gasteiger partial charge in [0.25, 0.3) is 0 Å². The lowest BCUT2D eigenvalue weighted by atomic mass is 10.3. The Labute approximate surface area is 90.6 Å². The van der Waals surface area contributed by atoms with Crippen molar-refractivity contribution in [3.05, 3.63) is 27.8 Å². The van der Waals surface area contributed by atoms with Gasteiger partial charge in [-0.25, -0.2) is 9.78 Å². The van der Waals surface area contributed by atoms with Crippen molar-refractivity contribution >= 4 is 5.97 Å². The van der Waals surface area contributed by atoms with Gasteiger partial charge in [-0.1, -0.05) is 0 Å². The lowest BCUT2D eigenvalue weighted by Crippen LogP contribution is -2.15. The topological polar surface area (TPSA) is 107 Å². The Morgan fingerprint density at radius 3 is 2.94 bits per heavy atom. The molecular formula is C8H11N3O5. The summed E-state index contributed by atoms with van der Waals surface area (Å²) in [6, 6.07) is 0. The van der Waals surface area contributed by atoms with Crippen LogP contribution < -0.4 is 0 Å². The molecule has 1 atom stereocenters. The molecule has 0 aliphatic heterocycles. The van der Waals surface area contributed by atoms with Crippen molar-refractivity contribution in [2.75, 3.05) is 13.7 Å². The van der Waals surface area contributed by atoms with E-state index >= 15 is 0 Å². The summed E-state index contributed by atoms with van der Waals surface area (Å²) < 4.78 is 5.78. The molecule has 1 rings (SSSR count). The molecule has 88 valence electrons. The average Bonchev–Trinajstić information content (AvgIpc) is 2.58. The first-order valence-corrected chi connectivity index (χ1v) is 4.37. The van der Waals surface area contributed by atoms with Crippen molar-refractivity contribution < 1.29 is 19.6 Å². The highest BCUT2D eigenvalue weighted by atomic mass is 16.6. The third kappa shape index (κ3) is 2.54. The summed E-state index contributed by atoms with van der Waals surface area (Å²) in [5.74, 6) is -0.604. The molecule has 0 aliphatic carbocycles. The van der Waals surface area contributed by atoms with E-state index in [1.165, 1.54) is 24.9 Å². The Kier molecular flexibility index (Phi) is 3.56. The monoisotopic (exact) mass is 229 g/mol. The van der Waals surface area contributed by atoms with E-state index in [4.69, 9.17) is 0 Å². The molecule has 16 heavy (non-hydrogen) atoms. The molecular weight excluding hydrogens is 218 g/mol. The molecule has 0 aromatic carbocycles. The Bertz CT molecular complexity index is 414. The zero-order chi connectivity index (χ0) is 12.3. The van der Waals surface area contributed by atoms with Gasteiger partial charge in [0, 0.05) is 18.2 Å². The van der Waals surface area contributed by atoms with E-state index in [0.717, 1.165) is 0 Å². The quantitative estimate of drug-likeness (QED) is 0.424. The SMILES string of the molecule is COC(=O)c1cn(C)c(C(O)C[N+](=O)[O-])n1. The van der Waals surface area contributed by atoms with Crippen molar-refractivity contribution in [1.29, 1.82) is 0 Å². The third-order valence-corrected chi connectivity index (χ3v) is 1.93. The highest BCUT2D eigenvalue weighted by Gasteiger charge is 2.22. The molecule has 0 saturated carbocycles. The number of hydrogen-bond donors (Lipinski definition) is 1. The number of nitro groups is 1. The maximum absolute atomic E-state index is 11.1. The highest BCUT2D eigenvalue weighted by Crippen LogP contribution is 2.12. The van der Waals surface area contributed by atoms with Gasteiger partial charge in [0.15, 0.2) is 11.8 Å². The van der Waals surface area contributed by atoms with Gasteiger partial charge in [0.1, 0.15) is 5.82 Å². The van der Waals surface area contributed by atoms with E-state index in [0.29, 0.717) is 0 Å². The maximum atomic E-state index is 11.1. The van der Waals surface area contributed by atoms with Crippen LogP contribution in [0.3, 0.4) is 0 Å². The number of esters is 1. The van der Waals surface area contributed by atoms with Crippen LogP contribution in [-0.4, -0.2) is 39.2 Å². The fourth-order valence-corrected chi connectivity index (χ4v) is 1.22. The van der Waals surface area contributed by atoms with Gasteiger partial charge in [0.05, 0.1) is 7.11 Å². The minimum atomic E-state index is -1.35. The number of carbonyl (C=O) groups is 1. The maximum Gasteiger partial charge on any atom is 0.358 e. The summed E-state index contributed by atoms with van der Waals surface area (Å²) in [5, 5.41) is 19.7. The van der Waals surface area contributed by atoms with Gasteiger partial charge >= 0.3 is 5.97 Å². The second-order valence-corrected chi connectivity index (χ2v) is 3.12. The number of nitrogens with zero attached hydrogens (tertiary/aromatic N) is 3. The molecule has 0 amide bonds. The normalized spacial score (nSPS) is 12.2.